The number of fused-ring (bicyclic) bond motifs is 1. The number of carbonyl (C=O) groups excluding carboxylic acids is 1. The van der Waals surface area contributed by atoms with Gasteiger partial charge in [-0.2, -0.15) is 0 Å². The fourth-order valence-corrected chi connectivity index (χ4v) is 2.29. The largest absolute Gasteiger partial charge is 0.482 e. The molecule has 102 valence electrons. The van der Waals surface area contributed by atoms with Crippen molar-refractivity contribution in [2.45, 2.75) is 0 Å². The number of rotatable bonds is 2. The van der Waals surface area contributed by atoms with Gasteiger partial charge in [-0.15, -0.1) is 0 Å². The molecular formula is C16H16N2O2. The van der Waals surface area contributed by atoms with Crippen LogP contribution >= 0.6 is 0 Å². The van der Waals surface area contributed by atoms with E-state index in [2.05, 4.69) is 17.4 Å². The van der Waals surface area contributed by atoms with E-state index in [-0.39, 0.29) is 12.5 Å². The lowest BCUT2D eigenvalue weighted by atomic mass is 10.0. The standard InChI is InChI=1S/C16H16N2O2/c1-17-13-6-3-11(4-7-13)12-5-8-14-15(9-12)20-10-16(19)18(14)2/h3-9,17H,10H2,1-2H3. The zero-order chi connectivity index (χ0) is 14.1. The fraction of sp³-hybridized carbons (Fsp3) is 0.188. The van der Waals surface area contributed by atoms with Gasteiger partial charge >= 0.3 is 0 Å². The minimum Gasteiger partial charge on any atom is -0.482 e. The van der Waals surface area contributed by atoms with Crippen LogP contribution in [0.4, 0.5) is 11.4 Å². The van der Waals surface area contributed by atoms with E-state index in [1.165, 1.54) is 0 Å². The number of amides is 1. The molecule has 0 aromatic heterocycles. The van der Waals surface area contributed by atoms with Gasteiger partial charge in [0.25, 0.3) is 5.91 Å². The second kappa shape index (κ2) is 4.89. The maximum Gasteiger partial charge on any atom is 0.264 e. The van der Waals surface area contributed by atoms with Crippen molar-refractivity contribution in [3.63, 3.8) is 0 Å². The summed E-state index contributed by atoms with van der Waals surface area (Å²) in [5, 5.41) is 3.10. The van der Waals surface area contributed by atoms with E-state index in [1.807, 2.05) is 37.4 Å². The predicted molar refractivity (Wildman–Crippen MR) is 80.3 cm³/mol. The summed E-state index contributed by atoms with van der Waals surface area (Å²) in [6, 6.07) is 14.1. The first-order valence-corrected chi connectivity index (χ1v) is 6.50. The molecular weight excluding hydrogens is 252 g/mol. The Labute approximate surface area is 118 Å². The van der Waals surface area contributed by atoms with Gasteiger partial charge in [0.1, 0.15) is 5.75 Å². The van der Waals surface area contributed by atoms with E-state index in [0.29, 0.717) is 0 Å². The molecule has 1 aliphatic heterocycles. The summed E-state index contributed by atoms with van der Waals surface area (Å²) in [5.74, 6) is 0.728. The molecule has 0 spiro atoms. The molecule has 0 bridgehead atoms. The molecule has 0 atom stereocenters. The monoisotopic (exact) mass is 268 g/mol. The predicted octanol–water partition coefficient (Wildman–Crippen LogP) is 2.75. The van der Waals surface area contributed by atoms with Crippen molar-refractivity contribution in [3.05, 3.63) is 42.5 Å². The van der Waals surface area contributed by atoms with Crippen LogP contribution in [0.1, 0.15) is 0 Å². The number of anilines is 2. The first-order valence-electron chi connectivity index (χ1n) is 6.50. The van der Waals surface area contributed by atoms with Crippen LogP contribution in [0.3, 0.4) is 0 Å². The van der Waals surface area contributed by atoms with E-state index in [4.69, 9.17) is 4.74 Å². The topological polar surface area (TPSA) is 41.6 Å². The highest BCUT2D eigenvalue weighted by atomic mass is 16.5. The van der Waals surface area contributed by atoms with Crippen LogP contribution in [-0.2, 0) is 4.79 Å². The lowest BCUT2D eigenvalue weighted by Gasteiger charge is -2.26. The van der Waals surface area contributed by atoms with Gasteiger partial charge in [0.15, 0.2) is 6.61 Å². The minimum absolute atomic E-state index is 0.0244. The average Bonchev–Trinajstić information content (AvgIpc) is 2.51. The van der Waals surface area contributed by atoms with E-state index in [0.717, 1.165) is 28.3 Å². The van der Waals surface area contributed by atoms with Crippen molar-refractivity contribution in [2.75, 3.05) is 30.9 Å². The van der Waals surface area contributed by atoms with Crippen LogP contribution in [0.2, 0.25) is 0 Å². The van der Waals surface area contributed by atoms with E-state index >= 15 is 0 Å². The lowest BCUT2D eigenvalue weighted by Crippen LogP contribution is -2.35. The van der Waals surface area contributed by atoms with Crippen LogP contribution in [-0.4, -0.2) is 26.6 Å². The smallest absolute Gasteiger partial charge is 0.264 e. The first-order chi connectivity index (χ1) is 9.69. The van der Waals surface area contributed by atoms with E-state index in [9.17, 15) is 4.79 Å². The lowest BCUT2D eigenvalue weighted by molar-refractivity contribution is -0.120. The molecule has 0 saturated heterocycles. The van der Waals surface area contributed by atoms with E-state index in [1.54, 1.807) is 11.9 Å². The summed E-state index contributed by atoms with van der Waals surface area (Å²) < 4.78 is 5.51. The number of hydrogen-bond acceptors (Lipinski definition) is 3. The zero-order valence-corrected chi connectivity index (χ0v) is 11.5. The summed E-state index contributed by atoms with van der Waals surface area (Å²) >= 11 is 0. The molecule has 3 rings (SSSR count). The fourth-order valence-electron chi connectivity index (χ4n) is 2.29. The van der Waals surface area contributed by atoms with Crippen molar-refractivity contribution in [1.82, 2.24) is 0 Å². The Morgan fingerprint density at radius 1 is 1.10 bits per heavy atom. The Bertz CT molecular complexity index is 650. The number of nitrogens with one attached hydrogen (secondary N) is 1. The number of carbonyl (C=O) groups is 1. The Morgan fingerprint density at radius 2 is 1.80 bits per heavy atom. The van der Waals surface area contributed by atoms with Crippen molar-refractivity contribution in [2.24, 2.45) is 0 Å². The first kappa shape index (κ1) is 12.5. The molecule has 1 amide bonds. The third-order valence-corrected chi connectivity index (χ3v) is 3.55. The number of ether oxygens (including phenoxy) is 1. The molecule has 20 heavy (non-hydrogen) atoms. The summed E-state index contributed by atoms with van der Waals surface area (Å²) in [6.45, 7) is 0.103. The second-order valence-electron chi connectivity index (χ2n) is 4.75. The molecule has 0 radical (unpaired) electrons. The normalized spacial score (nSPS) is 13.7. The van der Waals surface area contributed by atoms with Crippen LogP contribution in [0.15, 0.2) is 42.5 Å². The molecule has 4 nitrogen and oxygen atoms in total. The summed E-state index contributed by atoms with van der Waals surface area (Å²) in [7, 11) is 3.67. The van der Waals surface area contributed by atoms with Crippen LogP contribution in [0.25, 0.3) is 11.1 Å². The number of likely N-dealkylation sites (N-methyl/N-ethyl adjacent to an activating group) is 1. The van der Waals surface area contributed by atoms with Crippen molar-refractivity contribution in [3.8, 4) is 16.9 Å². The van der Waals surface area contributed by atoms with Gasteiger partial charge in [0.05, 0.1) is 5.69 Å². The number of benzene rings is 2. The van der Waals surface area contributed by atoms with Crippen molar-refractivity contribution >= 4 is 17.3 Å². The summed E-state index contributed by atoms with van der Waals surface area (Å²) in [6.07, 6.45) is 0. The highest BCUT2D eigenvalue weighted by Crippen LogP contribution is 2.35. The third kappa shape index (κ3) is 2.09. The van der Waals surface area contributed by atoms with Crippen LogP contribution < -0.4 is 15.0 Å². The molecule has 1 N–H and O–H groups in total. The van der Waals surface area contributed by atoms with Crippen LogP contribution in [0, 0.1) is 0 Å². The Morgan fingerprint density at radius 3 is 2.50 bits per heavy atom. The highest BCUT2D eigenvalue weighted by Gasteiger charge is 2.22. The van der Waals surface area contributed by atoms with Crippen molar-refractivity contribution < 1.29 is 9.53 Å². The molecule has 4 heteroatoms. The quantitative estimate of drug-likeness (QED) is 0.910. The average molecular weight is 268 g/mol. The van der Waals surface area contributed by atoms with E-state index < -0.39 is 0 Å². The maximum absolute atomic E-state index is 11.6. The molecule has 0 unspecified atom stereocenters. The minimum atomic E-state index is -0.0244. The Kier molecular flexibility index (Phi) is 3.06. The van der Waals surface area contributed by atoms with Gasteiger partial charge < -0.3 is 15.0 Å². The van der Waals surface area contributed by atoms with Gasteiger partial charge in [-0.3, -0.25) is 4.79 Å². The molecule has 2 aromatic carbocycles. The van der Waals surface area contributed by atoms with Gasteiger partial charge in [0.2, 0.25) is 0 Å². The van der Waals surface area contributed by atoms with Gasteiger partial charge in [-0.1, -0.05) is 18.2 Å². The van der Waals surface area contributed by atoms with Crippen LogP contribution in [0.5, 0.6) is 5.75 Å². The second-order valence-corrected chi connectivity index (χ2v) is 4.75. The highest BCUT2D eigenvalue weighted by molar-refractivity contribution is 5.97. The molecule has 0 fully saturated rings. The number of hydrogen-bond donors (Lipinski definition) is 1. The molecule has 0 aliphatic carbocycles. The summed E-state index contributed by atoms with van der Waals surface area (Å²) in [5.41, 5.74) is 4.09. The SMILES string of the molecule is CNc1ccc(-c2ccc3c(c2)OCC(=O)N3C)cc1. The summed E-state index contributed by atoms with van der Waals surface area (Å²) in [4.78, 5) is 13.2. The third-order valence-electron chi connectivity index (χ3n) is 3.55. The molecule has 1 aliphatic rings. The van der Waals surface area contributed by atoms with Gasteiger partial charge in [0, 0.05) is 19.8 Å². The number of nitrogens with zero attached hydrogens (tertiary/aromatic N) is 1. The Balaban J connectivity index is 1.97. The zero-order valence-electron chi connectivity index (χ0n) is 11.5. The molecule has 2 aromatic rings. The molecule has 1 heterocycles. The molecule has 0 saturated carbocycles. The maximum atomic E-state index is 11.6. The van der Waals surface area contributed by atoms with Gasteiger partial charge in [-0.05, 0) is 35.4 Å². The van der Waals surface area contributed by atoms with Crippen molar-refractivity contribution in [1.29, 1.82) is 0 Å². The van der Waals surface area contributed by atoms with Gasteiger partial charge in [-0.25, -0.2) is 0 Å². The Hall–Kier alpha value is -2.49.